The lowest BCUT2D eigenvalue weighted by molar-refractivity contribution is 0.638. The van der Waals surface area contributed by atoms with Gasteiger partial charge in [0, 0.05) is 23.5 Å². The molecule has 0 saturated heterocycles. The Labute approximate surface area is 117 Å². The van der Waals surface area contributed by atoms with Crippen LogP contribution >= 0.6 is 0 Å². The summed E-state index contributed by atoms with van der Waals surface area (Å²) < 4.78 is 0. The largest absolute Gasteiger partial charge is 0.271 e. The molecule has 0 aliphatic carbocycles. The molecule has 1 unspecified atom stereocenters. The van der Waals surface area contributed by atoms with Gasteiger partial charge in [-0.1, -0.05) is 24.3 Å². The number of fused-ring (bicyclic) bond motifs is 1. The zero-order valence-corrected chi connectivity index (χ0v) is 11.2. The van der Waals surface area contributed by atoms with Crippen LogP contribution in [0, 0.1) is 6.92 Å². The summed E-state index contributed by atoms with van der Waals surface area (Å²) in [5, 5.41) is 1.10. The molecule has 0 amide bonds. The van der Waals surface area contributed by atoms with E-state index in [1.165, 1.54) is 0 Å². The quantitative estimate of drug-likeness (QED) is 0.563. The van der Waals surface area contributed by atoms with Crippen molar-refractivity contribution in [2.45, 2.75) is 13.0 Å². The number of hydrogen-bond acceptors (Lipinski definition) is 4. The first-order chi connectivity index (χ1) is 9.79. The average molecular weight is 264 g/mol. The number of nitrogens with one attached hydrogen (secondary N) is 1. The normalized spacial score (nSPS) is 12.5. The summed E-state index contributed by atoms with van der Waals surface area (Å²) in [5.41, 5.74) is 6.97. The van der Waals surface area contributed by atoms with Gasteiger partial charge in [-0.2, -0.15) is 0 Å². The Morgan fingerprint density at radius 2 is 1.95 bits per heavy atom. The third kappa shape index (κ3) is 2.27. The van der Waals surface area contributed by atoms with Crippen molar-refractivity contribution in [2.24, 2.45) is 5.84 Å². The summed E-state index contributed by atoms with van der Waals surface area (Å²) in [6.07, 6.45) is 3.65. The summed E-state index contributed by atoms with van der Waals surface area (Å²) in [7, 11) is 0. The van der Waals surface area contributed by atoms with E-state index < -0.39 is 0 Å². The molecule has 3 aromatic rings. The van der Waals surface area contributed by atoms with Crippen molar-refractivity contribution in [3.63, 3.8) is 0 Å². The number of aromatic nitrogens is 2. The van der Waals surface area contributed by atoms with Gasteiger partial charge in [0.25, 0.3) is 0 Å². The van der Waals surface area contributed by atoms with Gasteiger partial charge in [0.15, 0.2) is 0 Å². The molecule has 1 aromatic carbocycles. The first kappa shape index (κ1) is 12.7. The fraction of sp³-hybridized carbons (Fsp3) is 0.125. The standard InChI is InChI=1S/C16H16N4/c1-11-7-8-12(10-19-11)16(20-17)14-4-2-6-15-13(14)5-3-9-18-15/h2-10,16,20H,17H2,1H3. The van der Waals surface area contributed by atoms with Crippen LogP contribution in [0.4, 0.5) is 0 Å². The summed E-state index contributed by atoms with van der Waals surface area (Å²) in [5.74, 6) is 5.77. The first-order valence-corrected chi connectivity index (χ1v) is 6.52. The number of nitrogens with zero attached hydrogens (tertiary/aromatic N) is 2. The van der Waals surface area contributed by atoms with Crippen molar-refractivity contribution in [3.8, 4) is 0 Å². The van der Waals surface area contributed by atoms with E-state index in [0.717, 1.165) is 27.7 Å². The van der Waals surface area contributed by atoms with Crippen LogP contribution in [-0.2, 0) is 0 Å². The van der Waals surface area contributed by atoms with Crippen LogP contribution in [0.25, 0.3) is 10.9 Å². The third-order valence-corrected chi connectivity index (χ3v) is 3.42. The van der Waals surface area contributed by atoms with Gasteiger partial charge in [0.05, 0.1) is 11.6 Å². The maximum atomic E-state index is 5.77. The van der Waals surface area contributed by atoms with Crippen LogP contribution in [0.2, 0.25) is 0 Å². The topological polar surface area (TPSA) is 63.8 Å². The molecule has 0 aliphatic rings. The lowest BCUT2D eigenvalue weighted by Crippen LogP contribution is -2.29. The van der Waals surface area contributed by atoms with Gasteiger partial charge in [-0.25, -0.2) is 5.43 Å². The maximum Gasteiger partial charge on any atom is 0.0731 e. The Hall–Kier alpha value is -2.30. The Balaban J connectivity index is 2.14. The highest BCUT2D eigenvalue weighted by Crippen LogP contribution is 2.27. The molecule has 0 saturated carbocycles. The van der Waals surface area contributed by atoms with Crippen LogP contribution in [0.15, 0.2) is 54.9 Å². The summed E-state index contributed by atoms with van der Waals surface area (Å²) in [6, 6.07) is 14.0. The molecular weight excluding hydrogens is 248 g/mol. The minimum atomic E-state index is -0.101. The molecule has 0 radical (unpaired) electrons. The van der Waals surface area contributed by atoms with Crippen molar-refractivity contribution in [1.82, 2.24) is 15.4 Å². The zero-order valence-electron chi connectivity index (χ0n) is 11.2. The highest BCUT2D eigenvalue weighted by molar-refractivity contribution is 5.82. The molecule has 4 heteroatoms. The van der Waals surface area contributed by atoms with Crippen molar-refractivity contribution in [3.05, 3.63) is 71.7 Å². The second-order valence-electron chi connectivity index (χ2n) is 4.75. The van der Waals surface area contributed by atoms with E-state index in [9.17, 15) is 0 Å². The van der Waals surface area contributed by atoms with Crippen molar-refractivity contribution < 1.29 is 0 Å². The molecule has 3 rings (SSSR count). The minimum absolute atomic E-state index is 0.101. The number of pyridine rings is 2. The van der Waals surface area contributed by atoms with Crippen LogP contribution in [0.3, 0.4) is 0 Å². The summed E-state index contributed by atoms with van der Waals surface area (Å²) >= 11 is 0. The molecule has 0 aliphatic heterocycles. The summed E-state index contributed by atoms with van der Waals surface area (Å²) in [4.78, 5) is 8.72. The van der Waals surface area contributed by atoms with Gasteiger partial charge in [-0.05, 0) is 36.2 Å². The molecule has 20 heavy (non-hydrogen) atoms. The molecule has 0 spiro atoms. The second-order valence-corrected chi connectivity index (χ2v) is 4.75. The molecule has 2 heterocycles. The Morgan fingerprint density at radius 3 is 2.70 bits per heavy atom. The van der Waals surface area contributed by atoms with Crippen molar-refractivity contribution >= 4 is 10.9 Å². The fourth-order valence-electron chi connectivity index (χ4n) is 2.39. The van der Waals surface area contributed by atoms with E-state index in [4.69, 9.17) is 5.84 Å². The lowest BCUT2D eigenvalue weighted by Gasteiger charge is -2.18. The van der Waals surface area contributed by atoms with E-state index in [1.54, 1.807) is 6.20 Å². The predicted molar refractivity (Wildman–Crippen MR) is 79.9 cm³/mol. The van der Waals surface area contributed by atoms with Gasteiger partial charge in [-0.15, -0.1) is 0 Å². The second kappa shape index (κ2) is 5.36. The molecule has 100 valence electrons. The van der Waals surface area contributed by atoms with Gasteiger partial charge >= 0.3 is 0 Å². The number of aryl methyl sites for hydroxylation is 1. The van der Waals surface area contributed by atoms with Crippen molar-refractivity contribution in [2.75, 3.05) is 0 Å². The molecule has 4 nitrogen and oxygen atoms in total. The number of rotatable bonds is 3. The van der Waals surface area contributed by atoms with Gasteiger partial charge in [-0.3, -0.25) is 15.8 Å². The third-order valence-electron chi connectivity index (χ3n) is 3.42. The summed E-state index contributed by atoms with van der Waals surface area (Å²) in [6.45, 7) is 1.97. The molecule has 3 N–H and O–H groups in total. The van der Waals surface area contributed by atoms with Crippen LogP contribution in [0.1, 0.15) is 22.9 Å². The minimum Gasteiger partial charge on any atom is -0.271 e. The first-order valence-electron chi connectivity index (χ1n) is 6.52. The van der Waals surface area contributed by atoms with Gasteiger partial charge in [0.1, 0.15) is 0 Å². The van der Waals surface area contributed by atoms with E-state index in [-0.39, 0.29) is 6.04 Å². The predicted octanol–water partition coefficient (Wildman–Crippen LogP) is 2.49. The number of benzene rings is 1. The smallest absolute Gasteiger partial charge is 0.0731 e. The van der Waals surface area contributed by atoms with Crippen LogP contribution in [0.5, 0.6) is 0 Å². The molecule has 0 fully saturated rings. The highest BCUT2D eigenvalue weighted by Gasteiger charge is 2.15. The molecular formula is C16H16N4. The fourth-order valence-corrected chi connectivity index (χ4v) is 2.39. The van der Waals surface area contributed by atoms with Gasteiger partial charge in [0.2, 0.25) is 0 Å². The SMILES string of the molecule is Cc1ccc(C(NN)c2cccc3ncccc23)cn1. The van der Waals surface area contributed by atoms with E-state index in [2.05, 4.69) is 27.5 Å². The molecule has 0 bridgehead atoms. The van der Waals surface area contributed by atoms with Crippen LogP contribution < -0.4 is 11.3 Å². The highest BCUT2D eigenvalue weighted by atomic mass is 15.2. The maximum absolute atomic E-state index is 5.77. The van der Waals surface area contributed by atoms with E-state index >= 15 is 0 Å². The lowest BCUT2D eigenvalue weighted by atomic mass is 9.96. The average Bonchev–Trinajstić information content (AvgIpc) is 2.50. The monoisotopic (exact) mass is 264 g/mol. The number of hydrazine groups is 1. The molecule has 1 atom stereocenters. The molecule has 2 aromatic heterocycles. The zero-order chi connectivity index (χ0) is 13.9. The van der Waals surface area contributed by atoms with Gasteiger partial charge < -0.3 is 0 Å². The van der Waals surface area contributed by atoms with E-state index in [0.29, 0.717) is 0 Å². The number of nitrogens with two attached hydrogens (primary N) is 1. The van der Waals surface area contributed by atoms with Crippen LogP contribution in [-0.4, -0.2) is 9.97 Å². The Kier molecular flexibility index (Phi) is 3.41. The van der Waals surface area contributed by atoms with Crippen molar-refractivity contribution in [1.29, 1.82) is 0 Å². The number of hydrogen-bond donors (Lipinski definition) is 2. The Bertz CT molecular complexity index is 717. The van der Waals surface area contributed by atoms with E-state index in [1.807, 2.05) is 43.5 Å². The Morgan fingerprint density at radius 1 is 1.05 bits per heavy atom.